The summed E-state index contributed by atoms with van der Waals surface area (Å²) >= 11 is 0. The molecule has 4 saturated carbocycles. The van der Waals surface area contributed by atoms with Crippen molar-refractivity contribution in [3.05, 3.63) is 11.6 Å². The number of rotatable bonds is 9. The van der Waals surface area contributed by atoms with Gasteiger partial charge in [0.25, 0.3) is 0 Å². The number of ether oxygens (including phenoxy) is 7. The summed E-state index contributed by atoms with van der Waals surface area (Å²) in [6.07, 6.45) is -19.3. The van der Waals surface area contributed by atoms with E-state index in [1.54, 1.807) is 0 Å². The summed E-state index contributed by atoms with van der Waals surface area (Å²) in [7, 11) is 1.11. The molecule has 19 nitrogen and oxygen atoms in total. The van der Waals surface area contributed by atoms with Crippen molar-refractivity contribution in [3.8, 4) is 0 Å². The van der Waals surface area contributed by atoms with Crippen LogP contribution in [0.15, 0.2) is 11.6 Å². The molecule has 3 aliphatic heterocycles. The first-order valence-corrected chi connectivity index (χ1v) is 24.8. The van der Waals surface area contributed by atoms with Crippen LogP contribution in [0, 0.1) is 50.2 Å². The van der Waals surface area contributed by atoms with Crippen LogP contribution in [0.1, 0.15) is 107 Å². The number of allylic oxidation sites excluding steroid dienone is 2. The number of carbonyl (C=O) groups is 1. The second-order valence-corrected chi connectivity index (χ2v) is 23.8. The average molecular weight is 973 g/mol. The number of hydrogen-bond acceptors (Lipinski definition) is 19. The SMILES string of the molecule is COC(=O)C1OC(OC2CCC3(C)C(CCC4(C)C3CC=C3C5CC(C)(CO)C(O)C(O)C5(C)CCC34C)C2(C)C)C(OC2OC(CO)C(O)C(O)C2OC2OC(C)C(O)C(O)C2O)C(O)C1O. The highest BCUT2D eigenvalue weighted by molar-refractivity contribution is 5.75. The van der Waals surface area contributed by atoms with E-state index in [1.807, 2.05) is 6.92 Å². The van der Waals surface area contributed by atoms with Gasteiger partial charge in [-0.2, -0.15) is 0 Å². The molecule has 0 bridgehead atoms. The van der Waals surface area contributed by atoms with Gasteiger partial charge in [-0.1, -0.05) is 60.1 Å². The van der Waals surface area contributed by atoms with Crippen molar-refractivity contribution in [1.82, 2.24) is 0 Å². The zero-order valence-corrected chi connectivity index (χ0v) is 41.0. The van der Waals surface area contributed by atoms with Crippen LogP contribution < -0.4 is 0 Å². The largest absolute Gasteiger partial charge is 0.467 e. The van der Waals surface area contributed by atoms with Gasteiger partial charge in [-0.3, -0.25) is 0 Å². The van der Waals surface area contributed by atoms with Crippen molar-refractivity contribution in [2.75, 3.05) is 20.3 Å². The number of aliphatic hydroxyl groups excluding tert-OH is 11. The third-order valence-corrected chi connectivity index (χ3v) is 20.0. The van der Waals surface area contributed by atoms with Gasteiger partial charge in [-0.05, 0) is 97.7 Å². The lowest BCUT2D eigenvalue weighted by atomic mass is 9.33. The molecule has 19 heteroatoms. The van der Waals surface area contributed by atoms with Crippen LogP contribution in [0.2, 0.25) is 0 Å². The highest BCUT2D eigenvalue weighted by Gasteiger charge is 2.70. The van der Waals surface area contributed by atoms with Gasteiger partial charge in [-0.25, -0.2) is 4.79 Å². The van der Waals surface area contributed by atoms with Crippen molar-refractivity contribution in [1.29, 1.82) is 0 Å². The molecule has 7 fully saturated rings. The van der Waals surface area contributed by atoms with Gasteiger partial charge in [0.1, 0.15) is 61.0 Å². The maximum absolute atomic E-state index is 13.1. The topological polar surface area (TPSA) is 304 Å². The van der Waals surface area contributed by atoms with E-state index >= 15 is 0 Å². The van der Waals surface area contributed by atoms with E-state index in [9.17, 15) is 61.0 Å². The molecule has 8 aliphatic rings. The molecule has 0 aromatic heterocycles. The predicted molar refractivity (Wildman–Crippen MR) is 236 cm³/mol. The van der Waals surface area contributed by atoms with Crippen molar-refractivity contribution in [2.45, 2.75) is 217 Å². The molecule has 0 radical (unpaired) electrons. The molecule has 0 aromatic carbocycles. The molecule has 3 heterocycles. The third kappa shape index (κ3) is 7.90. The minimum Gasteiger partial charge on any atom is -0.467 e. The lowest BCUT2D eigenvalue weighted by molar-refractivity contribution is -0.395. The number of methoxy groups -OCH3 is 1. The Kier molecular flexibility index (Phi) is 14.4. The maximum Gasteiger partial charge on any atom is 0.337 e. The number of carbonyl (C=O) groups excluding carboxylic acids is 1. The molecular weight excluding hydrogens is 893 g/mol. The van der Waals surface area contributed by atoms with E-state index in [4.69, 9.17) is 33.2 Å². The van der Waals surface area contributed by atoms with Gasteiger partial charge in [0, 0.05) is 10.8 Å². The van der Waals surface area contributed by atoms with Gasteiger partial charge < -0.3 is 89.3 Å². The van der Waals surface area contributed by atoms with E-state index in [2.05, 4.69) is 47.6 Å². The summed E-state index contributed by atoms with van der Waals surface area (Å²) in [5.74, 6) is -0.619. The Bertz CT molecular complexity index is 1870. The molecule has 0 amide bonds. The summed E-state index contributed by atoms with van der Waals surface area (Å²) in [4.78, 5) is 13.1. The second kappa shape index (κ2) is 18.5. The van der Waals surface area contributed by atoms with Crippen LogP contribution in [-0.4, -0.2) is 193 Å². The van der Waals surface area contributed by atoms with E-state index in [1.165, 1.54) is 12.5 Å². The van der Waals surface area contributed by atoms with Crippen LogP contribution in [0.3, 0.4) is 0 Å². The maximum atomic E-state index is 13.1. The monoisotopic (exact) mass is 973 g/mol. The highest BCUT2D eigenvalue weighted by atomic mass is 16.8. The molecule has 390 valence electrons. The number of esters is 1. The Hall–Kier alpha value is -1.47. The van der Waals surface area contributed by atoms with Crippen LogP contribution in [0.5, 0.6) is 0 Å². The van der Waals surface area contributed by atoms with Crippen LogP contribution in [0.4, 0.5) is 0 Å². The van der Waals surface area contributed by atoms with E-state index < -0.39 is 139 Å². The van der Waals surface area contributed by atoms with Crippen LogP contribution >= 0.6 is 0 Å². The minimum absolute atomic E-state index is 0.00413. The normalized spacial score (nSPS) is 55.7. The zero-order valence-electron chi connectivity index (χ0n) is 41.0. The third-order valence-electron chi connectivity index (χ3n) is 20.0. The number of hydrogen-bond donors (Lipinski definition) is 11. The van der Waals surface area contributed by atoms with Gasteiger partial charge in [0.2, 0.25) is 0 Å². The zero-order chi connectivity index (χ0) is 50.0. The molecule has 0 aromatic rings. The Balaban J connectivity index is 1.07. The lowest BCUT2D eigenvalue weighted by Gasteiger charge is -2.72. The first-order chi connectivity index (χ1) is 31.7. The number of fused-ring (bicyclic) bond motifs is 7. The van der Waals surface area contributed by atoms with Gasteiger partial charge >= 0.3 is 5.97 Å². The van der Waals surface area contributed by atoms with E-state index in [0.29, 0.717) is 12.8 Å². The quantitative estimate of drug-likeness (QED) is 0.0808. The van der Waals surface area contributed by atoms with Gasteiger partial charge in [-0.15, -0.1) is 0 Å². The lowest BCUT2D eigenvalue weighted by Crippen LogP contribution is -2.68. The van der Waals surface area contributed by atoms with Crippen LogP contribution in [0.25, 0.3) is 0 Å². The molecule has 3 saturated heterocycles. The van der Waals surface area contributed by atoms with Crippen molar-refractivity contribution >= 4 is 5.97 Å². The Morgan fingerprint density at radius 1 is 0.662 bits per heavy atom. The first kappa shape index (κ1) is 52.8. The minimum atomic E-state index is -1.92. The summed E-state index contributed by atoms with van der Waals surface area (Å²) < 4.78 is 41.7. The average Bonchev–Trinajstić information content (AvgIpc) is 3.30. The molecule has 26 atom stereocenters. The second-order valence-electron chi connectivity index (χ2n) is 23.8. The molecular formula is C49H80O19. The standard InChI is InChI=1S/C49H80O19/c1-21-28(52)30(54)34(58)41(63-21)67-36-31(55)29(53)24(19-50)64-42(36)68-37-33(57)32(56)35(40(61)62-9)66-43(37)65-27-13-14-47(6)25(44(27,2)3)12-15-49(8)26(47)11-10-22-23-18-45(4,20-51)38(59)39(60)46(23,5)16-17-48(22,49)7/h10,21,23-39,41-43,50-60H,11-20H2,1-9H3. The summed E-state index contributed by atoms with van der Waals surface area (Å²) in [6.45, 7) is 15.9. The van der Waals surface area contributed by atoms with Gasteiger partial charge in [0.15, 0.2) is 25.0 Å². The smallest absolute Gasteiger partial charge is 0.337 e. The van der Waals surface area contributed by atoms with Crippen molar-refractivity contribution in [3.63, 3.8) is 0 Å². The fourth-order valence-electron chi connectivity index (χ4n) is 15.3. The number of aliphatic hydroxyl groups is 11. The molecule has 68 heavy (non-hydrogen) atoms. The molecule has 8 rings (SSSR count). The van der Waals surface area contributed by atoms with Crippen LogP contribution in [-0.2, 0) is 38.0 Å². The van der Waals surface area contributed by atoms with E-state index in [-0.39, 0.29) is 40.6 Å². The Labute approximate surface area is 398 Å². The van der Waals surface area contributed by atoms with Crippen molar-refractivity contribution < 1.29 is 94.1 Å². The molecule has 0 spiro atoms. The Morgan fingerprint density at radius 2 is 1.29 bits per heavy atom. The fraction of sp³-hybridized carbons (Fsp3) is 0.939. The fourth-order valence-corrected chi connectivity index (χ4v) is 15.3. The van der Waals surface area contributed by atoms with Gasteiger partial charge in [0.05, 0.1) is 44.7 Å². The highest BCUT2D eigenvalue weighted by Crippen LogP contribution is 2.76. The molecule has 5 aliphatic carbocycles. The predicted octanol–water partition coefficient (Wildman–Crippen LogP) is -0.236. The van der Waals surface area contributed by atoms with Crippen molar-refractivity contribution in [2.24, 2.45) is 50.2 Å². The summed E-state index contributed by atoms with van der Waals surface area (Å²) in [5, 5.41) is 121. The molecule has 11 N–H and O–H groups in total. The Morgan fingerprint density at radius 3 is 1.93 bits per heavy atom. The summed E-state index contributed by atoms with van der Waals surface area (Å²) in [5.41, 5.74) is -1.09. The molecule has 26 unspecified atom stereocenters. The summed E-state index contributed by atoms with van der Waals surface area (Å²) in [6, 6.07) is 0. The van der Waals surface area contributed by atoms with E-state index in [0.717, 1.165) is 45.6 Å². The first-order valence-electron chi connectivity index (χ1n) is 24.8.